The molecular weight excluding hydrogens is 315 g/mol. The van der Waals surface area contributed by atoms with Crippen LogP contribution in [0.5, 0.6) is 0 Å². The Morgan fingerprint density at radius 2 is 2.00 bits per heavy atom. The fourth-order valence-corrected chi connectivity index (χ4v) is 3.21. The number of thioether (sulfide) groups is 1. The molecule has 1 rings (SSSR count). The van der Waals surface area contributed by atoms with Crippen molar-refractivity contribution in [1.29, 1.82) is 0 Å². The highest BCUT2D eigenvalue weighted by Gasteiger charge is 2.10. The number of anilines is 2. The Bertz CT molecular complexity index is 432. The van der Waals surface area contributed by atoms with E-state index in [1.807, 2.05) is 11.8 Å². The van der Waals surface area contributed by atoms with Gasteiger partial charge in [0, 0.05) is 11.4 Å². The lowest BCUT2D eigenvalue weighted by Crippen LogP contribution is -2.13. The van der Waals surface area contributed by atoms with E-state index < -0.39 is 0 Å². The first-order valence-electron chi connectivity index (χ1n) is 6.66. The SMILES string of the molecule is CCCCSCCCC(=O)Nc1c(N)cc(Cl)cc1Cl. The van der Waals surface area contributed by atoms with Gasteiger partial charge < -0.3 is 11.1 Å². The molecule has 1 amide bonds. The first-order chi connectivity index (χ1) is 9.54. The third-order valence-electron chi connectivity index (χ3n) is 2.68. The molecule has 112 valence electrons. The lowest BCUT2D eigenvalue weighted by molar-refractivity contribution is -0.116. The second kappa shape index (κ2) is 9.37. The molecule has 0 unspecified atom stereocenters. The Kier molecular flexibility index (Phi) is 8.19. The molecule has 0 spiro atoms. The molecule has 0 aliphatic carbocycles. The van der Waals surface area contributed by atoms with Crippen molar-refractivity contribution in [3.8, 4) is 0 Å². The number of hydrogen-bond acceptors (Lipinski definition) is 3. The molecule has 1 aromatic rings. The predicted octanol–water partition coefficient (Wildman–Crippen LogP) is 4.83. The highest BCUT2D eigenvalue weighted by molar-refractivity contribution is 7.99. The van der Waals surface area contributed by atoms with E-state index in [9.17, 15) is 4.79 Å². The minimum absolute atomic E-state index is 0.0722. The van der Waals surface area contributed by atoms with Gasteiger partial charge in [-0.15, -0.1) is 0 Å². The van der Waals surface area contributed by atoms with Gasteiger partial charge in [0.25, 0.3) is 0 Å². The molecule has 1 aromatic carbocycles. The molecule has 0 saturated carbocycles. The number of unbranched alkanes of at least 4 members (excludes halogenated alkanes) is 1. The molecule has 0 heterocycles. The number of halogens is 2. The smallest absolute Gasteiger partial charge is 0.224 e. The topological polar surface area (TPSA) is 55.1 Å². The van der Waals surface area contributed by atoms with Gasteiger partial charge in [0.05, 0.1) is 16.4 Å². The Balaban J connectivity index is 2.36. The fraction of sp³-hybridized carbons (Fsp3) is 0.500. The van der Waals surface area contributed by atoms with Crippen LogP contribution in [-0.4, -0.2) is 17.4 Å². The average molecular weight is 335 g/mol. The van der Waals surface area contributed by atoms with Crippen LogP contribution < -0.4 is 11.1 Å². The van der Waals surface area contributed by atoms with Crippen molar-refractivity contribution >= 4 is 52.2 Å². The quantitative estimate of drug-likeness (QED) is 0.528. The van der Waals surface area contributed by atoms with E-state index in [2.05, 4.69) is 12.2 Å². The molecule has 0 aliphatic rings. The summed E-state index contributed by atoms with van der Waals surface area (Å²) in [6.07, 6.45) is 3.76. The van der Waals surface area contributed by atoms with Crippen molar-refractivity contribution in [3.63, 3.8) is 0 Å². The van der Waals surface area contributed by atoms with Gasteiger partial charge in [0.2, 0.25) is 5.91 Å². The summed E-state index contributed by atoms with van der Waals surface area (Å²) in [5, 5.41) is 3.56. The van der Waals surface area contributed by atoms with Crippen molar-refractivity contribution in [2.45, 2.75) is 32.6 Å². The Morgan fingerprint density at radius 3 is 2.65 bits per heavy atom. The summed E-state index contributed by atoms with van der Waals surface area (Å²) in [7, 11) is 0. The summed E-state index contributed by atoms with van der Waals surface area (Å²) >= 11 is 13.7. The maximum absolute atomic E-state index is 11.8. The molecule has 3 N–H and O–H groups in total. The Morgan fingerprint density at radius 1 is 1.30 bits per heavy atom. The number of amides is 1. The van der Waals surface area contributed by atoms with E-state index in [1.54, 1.807) is 12.1 Å². The largest absolute Gasteiger partial charge is 0.397 e. The lowest BCUT2D eigenvalue weighted by Gasteiger charge is -2.10. The van der Waals surface area contributed by atoms with Crippen LogP contribution in [0, 0.1) is 0 Å². The number of benzene rings is 1. The lowest BCUT2D eigenvalue weighted by atomic mass is 10.2. The number of nitrogens with one attached hydrogen (secondary N) is 1. The van der Waals surface area contributed by atoms with Crippen LogP contribution in [0.4, 0.5) is 11.4 Å². The molecule has 0 saturated heterocycles. The summed E-state index contributed by atoms with van der Waals surface area (Å²) in [4.78, 5) is 11.8. The fourth-order valence-electron chi connectivity index (χ4n) is 1.61. The third kappa shape index (κ3) is 6.25. The zero-order valence-electron chi connectivity index (χ0n) is 11.5. The van der Waals surface area contributed by atoms with E-state index in [1.165, 1.54) is 12.8 Å². The van der Waals surface area contributed by atoms with E-state index >= 15 is 0 Å². The summed E-state index contributed by atoms with van der Waals surface area (Å²) in [5.41, 5.74) is 6.62. The number of hydrogen-bond donors (Lipinski definition) is 2. The van der Waals surface area contributed by atoms with Crippen LogP contribution in [0.3, 0.4) is 0 Å². The number of carbonyl (C=O) groups excluding carboxylic acids is 1. The van der Waals surface area contributed by atoms with Crippen LogP contribution >= 0.6 is 35.0 Å². The van der Waals surface area contributed by atoms with E-state index in [4.69, 9.17) is 28.9 Å². The first-order valence-corrected chi connectivity index (χ1v) is 8.57. The second-order valence-electron chi connectivity index (χ2n) is 4.47. The Hall–Kier alpha value is -0.580. The maximum Gasteiger partial charge on any atom is 0.224 e. The van der Waals surface area contributed by atoms with Gasteiger partial charge >= 0.3 is 0 Å². The van der Waals surface area contributed by atoms with E-state index in [0.717, 1.165) is 17.9 Å². The van der Waals surface area contributed by atoms with Crippen molar-refractivity contribution < 1.29 is 4.79 Å². The molecule has 20 heavy (non-hydrogen) atoms. The zero-order valence-corrected chi connectivity index (χ0v) is 13.9. The number of nitrogen functional groups attached to an aromatic ring is 1. The highest BCUT2D eigenvalue weighted by Crippen LogP contribution is 2.32. The number of carbonyl (C=O) groups is 1. The third-order valence-corrected chi connectivity index (χ3v) is 4.36. The highest BCUT2D eigenvalue weighted by atomic mass is 35.5. The molecule has 0 aromatic heterocycles. The van der Waals surface area contributed by atoms with Crippen molar-refractivity contribution in [3.05, 3.63) is 22.2 Å². The van der Waals surface area contributed by atoms with E-state index in [0.29, 0.717) is 27.8 Å². The van der Waals surface area contributed by atoms with Crippen LogP contribution in [0.1, 0.15) is 32.6 Å². The molecule has 0 aliphatic heterocycles. The standard InChI is InChI=1S/C14H20Cl2N2OS/c1-2-3-6-20-7-4-5-13(19)18-14-11(16)8-10(15)9-12(14)17/h8-9H,2-7,17H2,1H3,(H,18,19). The van der Waals surface area contributed by atoms with Crippen molar-refractivity contribution in [2.75, 3.05) is 22.6 Å². The molecule has 0 bridgehead atoms. The van der Waals surface area contributed by atoms with Crippen LogP contribution in [-0.2, 0) is 4.79 Å². The zero-order chi connectivity index (χ0) is 15.0. The van der Waals surface area contributed by atoms with Crippen LogP contribution in [0.2, 0.25) is 10.0 Å². The van der Waals surface area contributed by atoms with Crippen LogP contribution in [0.15, 0.2) is 12.1 Å². The summed E-state index contributed by atoms with van der Waals surface area (Å²) in [6.45, 7) is 2.17. The number of rotatable bonds is 8. The van der Waals surface area contributed by atoms with Crippen molar-refractivity contribution in [1.82, 2.24) is 0 Å². The van der Waals surface area contributed by atoms with Crippen molar-refractivity contribution in [2.24, 2.45) is 0 Å². The minimum Gasteiger partial charge on any atom is -0.397 e. The molecular formula is C14H20Cl2N2OS. The van der Waals surface area contributed by atoms with Gasteiger partial charge in [-0.1, -0.05) is 36.5 Å². The maximum atomic E-state index is 11.8. The second-order valence-corrected chi connectivity index (χ2v) is 6.54. The predicted molar refractivity (Wildman–Crippen MR) is 91.0 cm³/mol. The summed E-state index contributed by atoms with van der Waals surface area (Å²) in [5.74, 6) is 2.09. The van der Waals surface area contributed by atoms with Crippen LogP contribution in [0.25, 0.3) is 0 Å². The molecule has 3 nitrogen and oxygen atoms in total. The molecule has 6 heteroatoms. The normalized spacial score (nSPS) is 10.6. The summed E-state index contributed by atoms with van der Waals surface area (Å²) < 4.78 is 0. The number of nitrogens with two attached hydrogens (primary N) is 1. The van der Waals surface area contributed by atoms with E-state index in [-0.39, 0.29) is 5.91 Å². The van der Waals surface area contributed by atoms with Gasteiger partial charge in [0.1, 0.15) is 0 Å². The first kappa shape index (κ1) is 17.5. The average Bonchev–Trinajstić information content (AvgIpc) is 2.38. The molecule has 0 radical (unpaired) electrons. The summed E-state index contributed by atoms with van der Waals surface area (Å²) in [6, 6.07) is 3.14. The molecule has 0 fully saturated rings. The Labute approximate surface area is 134 Å². The van der Waals surface area contributed by atoms with Gasteiger partial charge in [-0.2, -0.15) is 11.8 Å². The van der Waals surface area contributed by atoms with Gasteiger partial charge in [-0.3, -0.25) is 4.79 Å². The minimum atomic E-state index is -0.0722. The molecule has 0 atom stereocenters. The van der Waals surface area contributed by atoms with Gasteiger partial charge in [-0.05, 0) is 36.5 Å². The monoisotopic (exact) mass is 334 g/mol. The van der Waals surface area contributed by atoms with Gasteiger partial charge in [0.15, 0.2) is 0 Å². The van der Waals surface area contributed by atoms with Gasteiger partial charge in [-0.25, -0.2) is 0 Å².